The summed E-state index contributed by atoms with van der Waals surface area (Å²) >= 11 is 0. The smallest absolute Gasteiger partial charge is 0.165 e. The fraction of sp³-hybridized carbons (Fsp3) is 0.286. The Balaban J connectivity index is 1.66. The molecule has 0 spiro atoms. The van der Waals surface area contributed by atoms with Gasteiger partial charge >= 0.3 is 0 Å². The molecule has 0 aliphatic heterocycles. The molecule has 5 rings (SSSR count). The molecular formula is C21H21BN6. The summed E-state index contributed by atoms with van der Waals surface area (Å²) in [4.78, 5) is 9.50. The lowest BCUT2D eigenvalue weighted by Crippen LogP contribution is -2.24. The third kappa shape index (κ3) is 2.66. The number of aromatic nitrogens is 4. The van der Waals surface area contributed by atoms with Gasteiger partial charge in [0.1, 0.15) is 13.7 Å². The zero-order valence-electron chi connectivity index (χ0n) is 15.5. The largest absolute Gasteiger partial charge is 0.384 e. The Morgan fingerprint density at radius 2 is 2.04 bits per heavy atom. The summed E-state index contributed by atoms with van der Waals surface area (Å²) in [6, 6.07) is 10.1. The normalized spacial score (nSPS) is 19.6. The third-order valence-electron chi connectivity index (χ3n) is 5.91. The van der Waals surface area contributed by atoms with E-state index in [2.05, 4.69) is 16.1 Å². The number of para-hydroxylation sites is 1. The zero-order valence-corrected chi connectivity index (χ0v) is 15.5. The van der Waals surface area contributed by atoms with Gasteiger partial charge in [-0.2, -0.15) is 9.61 Å². The first kappa shape index (κ1) is 17.2. The van der Waals surface area contributed by atoms with Crippen molar-refractivity contribution in [2.75, 3.05) is 12.3 Å². The van der Waals surface area contributed by atoms with Gasteiger partial charge in [0.05, 0.1) is 11.7 Å². The van der Waals surface area contributed by atoms with Gasteiger partial charge in [0.15, 0.2) is 5.65 Å². The number of anilines is 1. The lowest BCUT2D eigenvalue weighted by molar-refractivity contribution is 0.549. The molecule has 2 unspecified atom stereocenters. The second kappa shape index (κ2) is 6.60. The lowest BCUT2D eigenvalue weighted by Gasteiger charge is -2.16. The minimum atomic E-state index is 0.290. The Morgan fingerprint density at radius 3 is 2.86 bits per heavy atom. The van der Waals surface area contributed by atoms with Gasteiger partial charge in [-0.05, 0) is 49.3 Å². The summed E-state index contributed by atoms with van der Waals surface area (Å²) in [5.74, 6) is 1.26. The van der Waals surface area contributed by atoms with Gasteiger partial charge in [-0.3, -0.25) is 4.98 Å². The van der Waals surface area contributed by atoms with E-state index in [0.29, 0.717) is 29.7 Å². The molecule has 1 saturated carbocycles. The first-order valence-electron chi connectivity index (χ1n) is 9.63. The average molecular weight is 368 g/mol. The van der Waals surface area contributed by atoms with E-state index < -0.39 is 0 Å². The molecule has 7 heteroatoms. The molecule has 138 valence electrons. The molecule has 28 heavy (non-hydrogen) atoms. The van der Waals surface area contributed by atoms with Crippen molar-refractivity contribution in [3.63, 3.8) is 0 Å². The summed E-state index contributed by atoms with van der Waals surface area (Å²) in [5.41, 5.74) is 17.1. The number of rotatable bonds is 3. The van der Waals surface area contributed by atoms with Gasteiger partial charge in [-0.1, -0.05) is 18.2 Å². The predicted molar refractivity (Wildman–Crippen MR) is 113 cm³/mol. The van der Waals surface area contributed by atoms with E-state index in [0.717, 1.165) is 52.6 Å². The van der Waals surface area contributed by atoms with Crippen LogP contribution in [-0.2, 0) is 0 Å². The van der Waals surface area contributed by atoms with E-state index >= 15 is 0 Å². The first-order chi connectivity index (χ1) is 13.7. The maximum atomic E-state index is 6.35. The molecule has 2 radical (unpaired) electrons. The summed E-state index contributed by atoms with van der Waals surface area (Å²) in [7, 11) is 6.35. The molecule has 1 aliphatic rings. The van der Waals surface area contributed by atoms with Crippen molar-refractivity contribution in [3.8, 4) is 11.1 Å². The van der Waals surface area contributed by atoms with Crippen molar-refractivity contribution in [3.05, 3.63) is 48.4 Å². The molecule has 0 amide bonds. The van der Waals surface area contributed by atoms with E-state index in [-0.39, 0.29) is 0 Å². The molecule has 2 atom stereocenters. The molecule has 0 bridgehead atoms. The molecule has 1 fully saturated rings. The number of pyridine rings is 1. The SMILES string of the molecule is [B]c1c(C2CCC(CN)C2)nc2c(-c3cnc4ccccc4c3)cnn2c1N. The number of nitrogen functional groups attached to an aromatic ring is 1. The van der Waals surface area contributed by atoms with Gasteiger partial charge in [-0.15, -0.1) is 0 Å². The van der Waals surface area contributed by atoms with Crippen molar-refractivity contribution < 1.29 is 0 Å². The van der Waals surface area contributed by atoms with E-state index in [9.17, 15) is 0 Å². The van der Waals surface area contributed by atoms with Crippen molar-refractivity contribution >= 4 is 35.7 Å². The van der Waals surface area contributed by atoms with Gasteiger partial charge < -0.3 is 11.5 Å². The molecular weight excluding hydrogens is 347 g/mol. The minimum absolute atomic E-state index is 0.290. The lowest BCUT2D eigenvalue weighted by atomic mass is 9.87. The number of nitrogens with two attached hydrogens (primary N) is 2. The Bertz CT molecular complexity index is 1180. The van der Waals surface area contributed by atoms with Crippen LogP contribution in [0.15, 0.2) is 42.7 Å². The van der Waals surface area contributed by atoms with Crippen molar-refractivity contribution in [1.82, 2.24) is 19.6 Å². The van der Waals surface area contributed by atoms with Crippen LogP contribution in [-0.4, -0.2) is 34.0 Å². The molecule has 1 aromatic carbocycles. The molecule has 4 N–H and O–H groups in total. The van der Waals surface area contributed by atoms with Gasteiger partial charge in [0.25, 0.3) is 0 Å². The fourth-order valence-corrected chi connectivity index (χ4v) is 4.32. The predicted octanol–water partition coefficient (Wildman–Crippen LogP) is 2.16. The Kier molecular flexibility index (Phi) is 4.05. The van der Waals surface area contributed by atoms with Gasteiger partial charge in [0.2, 0.25) is 0 Å². The highest BCUT2D eigenvalue weighted by molar-refractivity contribution is 6.36. The molecule has 3 heterocycles. The topological polar surface area (TPSA) is 95.1 Å². The van der Waals surface area contributed by atoms with Crippen LogP contribution in [0, 0.1) is 5.92 Å². The summed E-state index contributed by atoms with van der Waals surface area (Å²) in [6.45, 7) is 0.703. The summed E-state index contributed by atoms with van der Waals surface area (Å²) < 4.78 is 1.62. The number of hydrogen-bond acceptors (Lipinski definition) is 5. The van der Waals surface area contributed by atoms with Crippen molar-refractivity contribution in [2.45, 2.75) is 25.2 Å². The van der Waals surface area contributed by atoms with Crippen LogP contribution in [0.4, 0.5) is 5.82 Å². The molecule has 3 aromatic heterocycles. The van der Waals surface area contributed by atoms with E-state index in [4.69, 9.17) is 24.3 Å². The molecule has 1 aliphatic carbocycles. The standard InChI is InChI=1S/C21H21BN6/c22-18-19(14-6-5-12(7-14)9-23)27-21-16(11-26-28(21)20(18)24)15-8-13-3-1-2-4-17(13)25-10-15/h1-4,8,10-12,14H,5-7,9,23-24H2. The highest BCUT2D eigenvalue weighted by Gasteiger charge is 2.28. The molecule has 0 saturated heterocycles. The minimum Gasteiger partial charge on any atom is -0.384 e. The first-order valence-corrected chi connectivity index (χ1v) is 9.63. The Morgan fingerprint density at radius 1 is 1.18 bits per heavy atom. The molecule has 6 nitrogen and oxygen atoms in total. The Hall–Kier alpha value is -2.93. The van der Waals surface area contributed by atoms with Crippen LogP contribution in [0.25, 0.3) is 27.7 Å². The zero-order chi connectivity index (χ0) is 19.3. The number of hydrogen-bond donors (Lipinski definition) is 2. The number of fused-ring (bicyclic) bond motifs is 2. The van der Waals surface area contributed by atoms with Gasteiger partial charge in [0, 0.05) is 34.3 Å². The second-order valence-electron chi connectivity index (χ2n) is 7.62. The third-order valence-corrected chi connectivity index (χ3v) is 5.91. The van der Waals surface area contributed by atoms with Crippen LogP contribution in [0.2, 0.25) is 0 Å². The molecule has 4 aromatic rings. The quantitative estimate of drug-likeness (QED) is 0.541. The fourth-order valence-electron chi connectivity index (χ4n) is 4.32. The summed E-state index contributed by atoms with van der Waals surface area (Å²) in [6.07, 6.45) is 6.78. The number of nitrogens with zero attached hydrogens (tertiary/aromatic N) is 4. The van der Waals surface area contributed by atoms with Crippen LogP contribution in [0.5, 0.6) is 0 Å². The van der Waals surface area contributed by atoms with Crippen LogP contribution in [0.1, 0.15) is 30.9 Å². The number of benzene rings is 1. The van der Waals surface area contributed by atoms with Crippen molar-refractivity contribution in [2.24, 2.45) is 11.7 Å². The second-order valence-corrected chi connectivity index (χ2v) is 7.62. The monoisotopic (exact) mass is 368 g/mol. The Labute approximate surface area is 164 Å². The van der Waals surface area contributed by atoms with Crippen LogP contribution >= 0.6 is 0 Å². The van der Waals surface area contributed by atoms with Crippen LogP contribution < -0.4 is 16.9 Å². The van der Waals surface area contributed by atoms with E-state index in [1.807, 2.05) is 30.5 Å². The highest BCUT2D eigenvalue weighted by atomic mass is 15.3. The maximum Gasteiger partial charge on any atom is 0.165 e. The van der Waals surface area contributed by atoms with Crippen molar-refractivity contribution in [1.29, 1.82) is 0 Å². The van der Waals surface area contributed by atoms with Gasteiger partial charge in [-0.25, -0.2) is 4.98 Å². The van der Waals surface area contributed by atoms with E-state index in [1.165, 1.54) is 0 Å². The average Bonchev–Trinajstić information content (AvgIpc) is 3.37. The maximum absolute atomic E-state index is 6.35. The van der Waals surface area contributed by atoms with Crippen LogP contribution in [0.3, 0.4) is 0 Å². The van der Waals surface area contributed by atoms with E-state index in [1.54, 1.807) is 10.7 Å². The summed E-state index contributed by atoms with van der Waals surface area (Å²) in [5, 5.41) is 5.51. The highest BCUT2D eigenvalue weighted by Crippen LogP contribution is 2.37.